The summed E-state index contributed by atoms with van der Waals surface area (Å²) in [4.78, 5) is 18.1. The molecule has 8 heteroatoms. The van der Waals surface area contributed by atoms with E-state index in [0.29, 0.717) is 16.8 Å². The number of nitrogens with one attached hydrogen (secondary N) is 2. The van der Waals surface area contributed by atoms with Gasteiger partial charge in [0, 0.05) is 40.2 Å². The van der Waals surface area contributed by atoms with Gasteiger partial charge in [0.15, 0.2) is 5.96 Å². The lowest BCUT2D eigenvalue weighted by Crippen LogP contribution is -2.46. The van der Waals surface area contributed by atoms with Crippen LogP contribution in [0, 0.1) is 11.7 Å². The number of carbonyl (C=O) groups is 1. The molecule has 0 bridgehead atoms. The van der Waals surface area contributed by atoms with Crippen LogP contribution in [0.25, 0.3) is 0 Å². The maximum Gasteiger partial charge on any atom is 0.220 e. The second-order valence-electron chi connectivity index (χ2n) is 6.28. The largest absolute Gasteiger partial charge is 0.359 e. The fourth-order valence-electron chi connectivity index (χ4n) is 3.06. The molecule has 1 aromatic rings. The number of nitrogens with zero attached hydrogens (tertiary/aromatic N) is 2. The molecule has 1 saturated heterocycles. The van der Waals surface area contributed by atoms with Crippen LogP contribution >= 0.6 is 39.9 Å². The van der Waals surface area contributed by atoms with E-state index in [1.807, 2.05) is 6.07 Å². The van der Waals surface area contributed by atoms with Gasteiger partial charge in [0.2, 0.25) is 5.91 Å². The molecule has 1 amide bonds. The van der Waals surface area contributed by atoms with E-state index in [2.05, 4.69) is 36.5 Å². The summed E-state index contributed by atoms with van der Waals surface area (Å²) >= 11 is 3.21. The smallest absolute Gasteiger partial charge is 0.220 e. The highest BCUT2D eigenvalue weighted by atomic mass is 127. The van der Waals surface area contributed by atoms with Crippen LogP contribution in [-0.4, -0.2) is 50.5 Å². The van der Waals surface area contributed by atoms with Gasteiger partial charge in [-0.25, -0.2) is 4.39 Å². The minimum absolute atomic E-state index is 0. The molecule has 146 valence electrons. The number of amides is 1. The fourth-order valence-corrected chi connectivity index (χ4v) is 3.49. The lowest BCUT2D eigenvalue weighted by Gasteiger charge is -2.34. The molecule has 0 atom stereocenters. The summed E-state index contributed by atoms with van der Waals surface area (Å²) in [5, 5.41) is 6.07. The van der Waals surface area contributed by atoms with Crippen LogP contribution < -0.4 is 10.6 Å². The van der Waals surface area contributed by atoms with Gasteiger partial charge in [0.05, 0.1) is 4.47 Å². The summed E-state index contributed by atoms with van der Waals surface area (Å²) < 4.78 is 13.8. The van der Waals surface area contributed by atoms with Crippen molar-refractivity contribution < 1.29 is 9.18 Å². The lowest BCUT2D eigenvalue weighted by atomic mass is 9.93. The van der Waals surface area contributed by atoms with Crippen molar-refractivity contribution in [2.45, 2.75) is 25.7 Å². The quantitative estimate of drug-likeness (QED) is 0.343. The van der Waals surface area contributed by atoms with Crippen molar-refractivity contribution in [1.29, 1.82) is 0 Å². The minimum atomic E-state index is -0.243. The summed E-state index contributed by atoms with van der Waals surface area (Å²) in [6, 6.07) is 5.09. The maximum absolute atomic E-state index is 13.3. The van der Waals surface area contributed by atoms with Gasteiger partial charge in [0.1, 0.15) is 5.82 Å². The van der Waals surface area contributed by atoms with Gasteiger partial charge in [-0.15, -0.1) is 24.0 Å². The number of benzene rings is 1. The van der Waals surface area contributed by atoms with Crippen LogP contribution in [0.1, 0.15) is 24.8 Å². The number of likely N-dealkylation sites (tertiary alicyclic amines) is 1. The third kappa shape index (κ3) is 7.02. The lowest BCUT2D eigenvalue weighted by molar-refractivity contribution is -0.121. The first kappa shape index (κ1) is 23.1. The van der Waals surface area contributed by atoms with Crippen molar-refractivity contribution in [1.82, 2.24) is 15.5 Å². The molecule has 1 aliphatic heterocycles. The average Bonchev–Trinajstić information content (AvgIpc) is 2.62. The number of halogens is 3. The van der Waals surface area contributed by atoms with Gasteiger partial charge in [-0.05, 0) is 58.8 Å². The van der Waals surface area contributed by atoms with Crippen LogP contribution in [0.5, 0.6) is 0 Å². The second kappa shape index (κ2) is 11.7. The van der Waals surface area contributed by atoms with Crippen molar-refractivity contribution in [2.24, 2.45) is 10.9 Å². The Hall–Kier alpha value is -0.900. The molecule has 1 aromatic carbocycles. The Bertz CT molecular complexity index is 621. The van der Waals surface area contributed by atoms with Gasteiger partial charge >= 0.3 is 0 Å². The minimum Gasteiger partial charge on any atom is -0.359 e. The van der Waals surface area contributed by atoms with Crippen LogP contribution in [0.4, 0.5) is 4.39 Å². The standard InChI is InChI=1S/C18H26BrFN4O.HI/c1-21-17(25)12-14-6-9-24(10-7-14)18(22-2)23-8-5-13-3-4-16(20)15(19)11-13;/h3-4,11,14H,5-10,12H2,1-2H3,(H,21,25)(H,22,23);1H. The van der Waals surface area contributed by atoms with E-state index in [4.69, 9.17) is 0 Å². The molecule has 0 aliphatic carbocycles. The third-order valence-electron chi connectivity index (χ3n) is 4.56. The van der Waals surface area contributed by atoms with Crippen LogP contribution in [-0.2, 0) is 11.2 Å². The SMILES string of the molecule is CN=C(NCCc1ccc(F)c(Br)c1)N1CCC(CC(=O)NC)CC1.I. The summed E-state index contributed by atoms with van der Waals surface area (Å²) in [6.07, 6.45) is 3.40. The molecule has 2 N–H and O–H groups in total. The number of hydrogen-bond acceptors (Lipinski definition) is 2. The highest BCUT2D eigenvalue weighted by Gasteiger charge is 2.22. The molecule has 1 aliphatic rings. The molecule has 0 radical (unpaired) electrons. The topological polar surface area (TPSA) is 56.7 Å². The predicted octanol–water partition coefficient (Wildman–Crippen LogP) is 3.17. The van der Waals surface area contributed by atoms with Crippen LogP contribution in [0.3, 0.4) is 0 Å². The Kier molecular flexibility index (Phi) is 10.4. The molecule has 0 unspecified atom stereocenters. The highest BCUT2D eigenvalue weighted by molar-refractivity contribution is 14.0. The first-order valence-corrected chi connectivity index (χ1v) is 9.43. The van der Waals surface area contributed by atoms with Crippen molar-refractivity contribution >= 4 is 51.8 Å². The van der Waals surface area contributed by atoms with Gasteiger partial charge in [-0.1, -0.05) is 6.07 Å². The van der Waals surface area contributed by atoms with Crippen LogP contribution in [0.2, 0.25) is 0 Å². The Balaban J connectivity index is 0.00000338. The number of hydrogen-bond donors (Lipinski definition) is 2. The van der Waals surface area contributed by atoms with E-state index in [1.54, 1.807) is 20.2 Å². The third-order valence-corrected chi connectivity index (χ3v) is 5.17. The van der Waals surface area contributed by atoms with E-state index in [-0.39, 0.29) is 35.7 Å². The molecule has 5 nitrogen and oxygen atoms in total. The summed E-state index contributed by atoms with van der Waals surface area (Å²) in [5.74, 6) is 1.21. The number of rotatable bonds is 5. The Morgan fingerprint density at radius 1 is 1.38 bits per heavy atom. The normalized spacial score (nSPS) is 15.4. The van der Waals surface area contributed by atoms with Gasteiger partial charge in [0.25, 0.3) is 0 Å². The van der Waals surface area contributed by atoms with Crippen molar-refractivity contribution in [3.63, 3.8) is 0 Å². The maximum atomic E-state index is 13.3. The molecule has 2 rings (SSSR count). The van der Waals surface area contributed by atoms with E-state index >= 15 is 0 Å². The zero-order chi connectivity index (χ0) is 18.2. The van der Waals surface area contributed by atoms with E-state index in [1.165, 1.54) is 6.07 Å². The van der Waals surface area contributed by atoms with Crippen molar-refractivity contribution in [2.75, 3.05) is 33.7 Å². The summed E-state index contributed by atoms with van der Waals surface area (Å²) in [5.41, 5.74) is 1.07. The van der Waals surface area contributed by atoms with Crippen molar-refractivity contribution in [3.05, 3.63) is 34.1 Å². The second-order valence-corrected chi connectivity index (χ2v) is 7.13. The van der Waals surface area contributed by atoms with E-state index in [9.17, 15) is 9.18 Å². The predicted molar refractivity (Wildman–Crippen MR) is 118 cm³/mol. The van der Waals surface area contributed by atoms with Crippen LogP contribution in [0.15, 0.2) is 27.7 Å². The summed E-state index contributed by atoms with van der Waals surface area (Å²) in [6.45, 7) is 2.55. The molecule has 0 spiro atoms. The highest BCUT2D eigenvalue weighted by Crippen LogP contribution is 2.20. The Morgan fingerprint density at radius 3 is 2.65 bits per heavy atom. The van der Waals surface area contributed by atoms with Crippen molar-refractivity contribution in [3.8, 4) is 0 Å². The number of piperidine rings is 1. The monoisotopic (exact) mass is 540 g/mol. The Labute approximate surface area is 180 Å². The van der Waals surface area contributed by atoms with Gasteiger partial charge in [-0.2, -0.15) is 0 Å². The Morgan fingerprint density at radius 2 is 2.08 bits per heavy atom. The number of guanidine groups is 1. The molecule has 1 fully saturated rings. The first-order valence-electron chi connectivity index (χ1n) is 8.63. The van der Waals surface area contributed by atoms with E-state index < -0.39 is 0 Å². The zero-order valence-corrected chi connectivity index (χ0v) is 19.1. The zero-order valence-electron chi connectivity index (χ0n) is 15.2. The molecule has 0 saturated carbocycles. The van der Waals surface area contributed by atoms with Gasteiger partial charge in [-0.3, -0.25) is 9.79 Å². The average molecular weight is 541 g/mol. The number of carbonyl (C=O) groups excluding carboxylic acids is 1. The molecule has 1 heterocycles. The molecular weight excluding hydrogens is 514 g/mol. The number of aliphatic imine (C=N–C) groups is 1. The van der Waals surface area contributed by atoms with E-state index in [0.717, 1.165) is 50.4 Å². The fraction of sp³-hybridized carbons (Fsp3) is 0.556. The summed E-state index contributed by atoms with van der Waals surface area (Å²) in [7, 11) is 3.47. The first-order chi connectivity index (χ1) is 12.0. The molecule has 26 heavy (non-hydrogen) atoms. The van der Waals surface area contributed by atoms with Gasteiger partial charge < -0.3 is 15.5 Å². The molecular formula is C18H27BrFIN4O. The molecule has 0 aromatic heterocycles.